The average Bonchev–Trinajstić information content (AvgIpc) is 3.05. The zero-order chi connectivity index (χ0) is 16.3. The second-order valence-corrected chi connectivity index (χ2v) is 8.37. The molecule has 0 aromatic carbocycles. The van der Waals surface area contributed by atoms with Crippen LogP contribution in [0.3, 0.4) is 0 Å². The van der Waals surface area contributed by atoms with E-state index in [1.807, 2.05) is 0 Å². The average molecular weight is 328 g/mol. The molecule has 22 heavy (non-hydrogen) atoms. The lowest BCUT2D eigenvalue weighted by molar-refractivity contribution is 0.260. The van der Waals surface area contributed by atoms with E-state index in [9.17, 15) is 8.42 Å². The minimum Gasteiger partial charge on any atom is -0.299 e. The first-order valence-electron chi connectivity index (χ1n) is 8.07. The SMILES string of the molecule is Cc1nn(CC(C)C)cc1S(=O)(=O)NCC(C)N1CCCC1. The summed E-state index contributed by atoms with van der Waals surface area (Å²) < 4.78 is 29.4. The van der Waals surface area contributed by atoms with Gasteiger partial charge >= 0.3 is 0 Å². The van der Waals surface area contributed by atoms with Crippen molar-refractivity contribution in [2.24, 2.45) is 5.92 Å². The predicted molar refractivity (Wildman–Crippen MR) is 87.3 cm³/mol. The summed E-state index contributed by atoms with van der Waals surface area (Å²) in [5.41, 5.74) is 0.557. The molecule has 1 aromatic heterocycles. The topological polar surface area (TPSA) is 67.2 Å². The Bertz CT molecular complexity index is 589. The molecule has 0 saturated carbocycles. The van der Waals surface area contributed by atoms with Crippen LogP contribution in [0.4, 0.5) is 0 Å². The molecule has 0 spiro atoms. The van der Waals surface area contributed by atoms with Crippen LogP contribution in [-0.2, 0) is 16.6 Å². The lowest BCUT2D eigenvalue weighted by Gasteiger charge is -2.23. The van der Waals surface area contributed by atoms with Crippen LogP contribution in [-0.4, -0.2) is 48.8 Å². The third kappa shape index (κ3) is 4.30. The molecule has 0 radical (unpaired) electrons. The van der Waals surface area contributed by atoms with Crippen LogP contribution >= 0.6 is 0 Å². The summed E-state index contributed by atoms with van der Waals surface area (Å²) in [6, 6.07) is 0.225. The Hall–Kier alpha value is -0.920. The van der Waals surface area contributed by atoms with E-state index >= 15 is 0 Å². The zero-order valence-electron chi connectivity index (χ0n) is 14.0. The van der Waals surface area contributed by atoms with Crippen molar-refractivity contribution in [3.05, 3.63) is 11.9 Å². The maximum Gasteiger partial charge on any atom is 0.244 e. The van der Waals surface area contributed by atoms with Gasteiger partial charge in [-0.1, -0.05) is 13.8 Å². The van der Waals surface area contributed by atoms with Gasteiger partial charge in [0.2, 0.25) is 10.0 Å². The van der Waals surface area contributed by atoms with E-state index in [-0.39, 0.29) is 6.04 Å². The van der Waals surface area contributed by atoms with Gasteiger partial charge in [0.05, 0.1) is 5.69 Å². The quantitative estimate of drug-likeness (QED) is 0.826. The van der Waals surface area contributed by atoms with Gasteiger partial charge in [0.25, 0.3) is 0 Å². The molecule has 1 atom stereocenters. The highest BCUT2D eigenvalue weighted by atomic mass is 32.2. The van der Waals surface area contributed by atoms with Crippen molar-refractivity contribution in [1.29, 1.82) is 0 Å². The highest BCUT2D eigenvalue weighted by molar-refractivity contribution is 7.89. The predicted octanol–water partition coefficient (Wildman–Crippen LogP) is 1.61. The summed E-state index contributed by atoms with van der Waals surface area (Å²) in [6.07, 6.45) is 4.05. The van der Waals surface area contributed by atoms with Gasteiger partial charge in [-0.15, -0.1) is 0 Å². The number of hydrogen-bond donors (Lipinski definition) is 1. The number of hydrogen-bond acceptors (Lipinski definition) is 4. The van der Waals surface area contributed by atoms with Crippen molar-refractivity contribution in [1.82, 2.24) is 19.4 Å². The lowest BCUT2D eigenvalue weighted by atomic mass is 10.2. The third-order valence-corrected chi connectivity index (χ3v) is 5.60. The van der Waals surface area contributed by atoms with Gasteiger partial charge in [-0.05, 0) is 45.7 Å². The minimum absolute atomic E-state index is 0.225. The molecule has 0 amide bonds. The second kappa shape index (κ2) is 7.10. The highest BCUT2D eigenvalue weighted by Crippen LogP contribution is 2.15. The molecule has 7 heteroatoms. The molecule has 1 aliphatic heterocycles. The molecule has 0 aliphatic carbocycles. The van der Waals surface area contributed by atoms with E-state index in [1.54, 1.807) is 17.8 Å². The molecule has 1 saturated heterocycles. The largest absolute Gasteiger partial charge is 0.299 e. The van der Waals surface area contributed by atoms with Crippen molar-refractivity contribution >= 4 is 10.0 Å². The normalized spacial score (nSPS) is 18.2. The monoisotopic (exact) mass is 328 g/mol. The first kappa shape index (κ1) is 17.4. The molecule has 1 aliphatic rings. The molecule has 1 unspecified atom stereocenters. The summed E-state index contributed by atoms with van der Waals surface area (Å²) in [5, 5.41) is 4.31. The van der Waals surface area contributed by atoms with E-state index in [1.165, 1.54) is 12.8 Å². The fourth-order valence-corrected chi connectivity index (χ4v) is 4.16. The molecule has 6 nitrogen and oxygen atoms in total. The summed E-state index contributed by atoms with van der Waals surface area (Å²) in [4.78, 5) is 2.62. The molecular formula is C15H28N4O2S. The first-order valence-corrected chi connectivity index (χ1v) is 9.55. The molecule has 1 aromatic rings. The summed E-state index contributed by atoms with van der Waals surface area (Å²) in [5.74, 6) is 0.429. The van der Waals surface area contributed by atoms with Crippen molar-refractivity contribution in [3.8, 4) is 0 Å². The highest BCUT2D eigenvalue weighted by Gasteiger charge is 2.23. The van der Waals surface area contributed by atoms with Gasteiger partial charge in [0, 0.05) is 25.3 Å². The van der Waals surface area contributed by atoms with Gasteiger partial charge in [0.1, 0.15) is 4.90 Å². The Kier molecular flexibility index (Phi) is 5.63. The smallest absolute Gasteiger partial charge is 0.244 e. The number of nitrogens with one attached hydrogen (secondary N) is 1. The fourth-order valence-electron chi connectivity index (χ4n) is 2.85. The number of rotatable bonds is 7. The standard InChI is InChI=1S/C15H28N4O2S/c1-12(2)10-19-11-15(14(4)17-19)22(20,21)16-9-13(3)18-7-5-6-8-18/h11-13,16H,5-10H2,1-4H3. The molecular weight excluding hydrogens is 300 g/mol. The van der Waals surface area contributed by atoms with Crippen LogP contribution in [0.15, 0.2) is 11.1 Å². The van der Waals surface area contributed by atoms with E-state index < -0.39 is 10.0 Å². The van der Waals surface area contributed by atoms with Gasteiger partial charge in [-0.2, -0.15) is 5.10 Å². The second-order valence-electron chi connectivity index (χ2n) is 6.64. The number of likely N-dealkylation sites (tertiary alicyclic amines) is 1. The number of sulfonamides is 1. The van der Waals surface area contributed by atoms with Crippen LogP contribution in [0, 0.1) is 12.8 Å². The van der Waals surface area contributed by atoms with E-state index in [0.29, 0.717) is 23.1 Å². The van der Waals surface area contributed by atoms with Gasteiger partial charge in [0.15, 0.2) is 0 Å². The van der Waals surface area contributed by atoms with Crippen LogP contribution in [0.1, 0.15) is 39.3 Å². The molecule has 1 N–H and O–H groups in total. The Morgan fingerprint density at radius 1 is 1.27 bits per heavy atom. The molecule has 0 bridgehead atoms. The van der Waals surface area contributed by atoms with E-state index in [0.717, 1.165) is 19.6 Å². The van der Waals surface area contributed by atoms with E-state index in [4.69, 9.17) is 0 Å². The Morgan fingerprint density at radius 3 is 2.50 bits per heavy atom. The maximum absolute atomic E-state index is 12.5. The Labute approximate surface area is 133 Å². The summed E-state index contributed by atoms with van der Waals surface area (Å²) in [7, 11) is -3.49. The minimum atomic E-state index is -3.49. The molecule has 2 rings (SSSR count). The van der Waals surface area contributed by atoms with Crippen LogP contribution < -0.4 is 4.72 Å². The van der Waals surface area contributed by atoms with Crippen molar-refractivity contribution in [2.75, 3.05) is 19.6 Å². The van der Waals surface area contributed by atoms with Crippen molar-refractivity contribution < 1.29 is 8.42 Å². The van der Waals surface area contributed by atoms with Gasteiger partial charge in [-0.3, -0.25) is 9.58 Å². The molecule has 1 fully saturated rings. The van der Waals surface area contributed by atoms with Crippen LogP contribution in [0.25, 0.3) is 0 Å². The Morgan fingerprint density at radius 2 is 1.91 bits per heavy atom. The van der Waals surface area contributed by atoms with Crippen molar-refractivity contribution in [3.63, 3.8) is 0 Å². The van der Waals surface area contributed by atoms with E-state index in [2.05, 4.69) is 35.5 Å². The Balaban J connectivity index is 2.01. The fraction of sp³-hybridized carbons (Fsp3) is 0.800. The van der Waals surface area contributed by atoms with Crippen molar-refractivity contribution in [2.45, 2.75) is 58.0 Å². The van der Waals surface area contributed by atoms with Crippen LogP contribution in [0.5, 0.6) is 0 Å². The lowest BCUT2D eigenvalue weighted by Crippen LogP contribution is -2.40. The first-order chi connectivity index (χ1) is 10.3. The summed E-state index contributed by atoms with van der Waals surface area (Å²) in [6.45, 7) is 11.3. The number of aryl methyl sites for hydroxylation is 1. The molecule has 126 valence electrons. The van der Waals surface area contributed by atoms with Gasteiger partial charge in [-0.25, -0.2) is 13.1 Å². The zero-order valence-corrected chi connectivity index (χ0v) is 14.9. The number of aromatic nitrogens is 2. The third-order valence-electron chi connectivity index (χ3n) is 4.08. The van der Waals surface area contributed by atoms with Crippen LogP contribution in [0.2, 0.25) is 0 Å². The maximum atomic E-state index is 12.5. The van der Waals surface area contributed by atoms with Gasteiger partial charge < -0.3 is 0 Å². The summed E-state index contributed by atoms with van der Waals surface area (Å²) >= 11 is 0. The molecule has 2 heterocycles. The number of nitrogens with zero attached hydrogens (tertiary/aromatic N) is 3.